The van der Waals surface area contributed by atoms with Crippen LogP contribution in [0.3, 0.4) is 0 Å². The smallest absolute Gasteiger partial charge is 0.305 e. The lowest BCUT2D eigenvalue weighted by atomic mass is 10.0. The lowest BCUT2D eigenvalue weighted by Gasteiger charge is -2.20. The molecule has 0 aromatic carbocycles. The van der Waals surface area contributed by atoms with Gasteiger partial charge in [-0.1, -0.05) is 288 Å². The molecule has 1 amide bonds. The molecule has 0 aromatic rings. The molecule has 0 aliphatic heterocycles. The molecule has 0 heterocycles. The van der Waals surface area contributed by atoms with Gasteiger partial charge in [-0.15, -0.1) is 0 Å². The standard InChI is InChI=1S/C62H117NO5/c1-3-5-7-9-11-13-15-31-36-40-44-48-52-56-62(67)68-57-53-49-45-41-37-33-30-28-26-24-22-20-18-16-17-19-21-23-25-27-29-32-35-39-43-47-51-55-61(66)63-59(58-64)60(65)54-50-46-42-38-34-14-12-10-8-6-4-2/h7,9,13,15,50,54,59-60,64-65H,3-6,8,10-12,14,16-49,51-53,55-58H2,1-2H3,(H,63,66)/b9-7-,15-13-,54-50+. The van der Waals surface area contributed by atoms with Crippen LogP contribution in [-0.2, 0) is 14.3 Å². The SMILES string of the molecule is CCC/C=C\C/C=C\CCCCCCCC(=O)OCCCCCCCCCCCCCCCCCCCCCCCCCCCCCC(=O)NC(CO)C(O)/C=C/CCCCCCCCCCC. The third kappa shape index (κ3) is 53.4. The summed E-state index contributed by atoms with van der Waals surface area (Å²) in [7, 11) is 0. The topological polar surface area (TPSA) is 95.9 Å². The number of carbonyl (C=O) groups excluding carboxylic acids is 2. The third-order valence-electron chi connectivity index (χ3n) is 13.9. The molecule has 0 spiro atoms. The van der Waals surface area contributed by atoms with E-state index in [4.69, 9.17) is 4.74 Å². The second kappa shape index (κ2) is 57.7. The fraction of sp³-hybridized carbons (Fsp3) is 0.871. The van der Waals surface area contributed by atoms with Crippen LogP contribution in [0.15, 0.2) is 36.5 Å². The number of hydrogen-bond donors (Lipinski definition) is 3. The number of aliphatic hydroxyl groups excluding tert-OH is 2. The van der Waals surface area contributed by atoms with Gasteiger partial charge in [-0.3, -0.25) is 9.59 Å². The Morgan fingerprint density at radius 1 is 0.412 bits per heavy atom. The van der Waals surface area contributed by atoms with Crippen LogP contribution in [0.2, 0.25) is 0 Å². The van der Waals surface area contributed by atoms with Gasteiger partial charge in [0.2, 0.25) is 5.91 Å². The minimum absolute atomic E-state index is 0.00200. The summed E-state index contributed by atoms with van der Waals surface area (Å²) in [6.07, 6.45) is 71.9. The van der Waals surface area contributed by atoms with Crippen molar-refractivity contribution in [3.05, 3.63) is 36.5 Å². The fourth-order valence-electron chi connectivity index (χ4n) is 9.26. The summed E-state index contributed by atoms with van der Waals surface area (Å²) < 4.78 is 5.47. The molecule has 6 nitrogen and oxygen atoms in total. The van der Waals surface area contributed by atoms with Gasteiger partial charge in [0.15, 0.2) is 0 Å². The van der Waals surface area contributed by atoms with Gasteiger partial charge in [-0.05, 0) is 57.8 Å². The van der Waals surface area contributed by atoms with Crippen LogP contribution in [0.1, 0.15) is 322 Å². The summed E-state index contributed by atoms with van der Waals surface area (Å²) in [4.78, 5) is 24.4. The van der Waals surface area contributed by atoms with Crippen molar-refractivity contribution in [2.45, 2.75) is 334 Å². The highest BCUT2D eigenvalue weighted by Crippen LogP contribution is 2.17. The van der Waals surface area contributed by atoms with Crippen molar-refractivity contribution < 1.29 is 24.5 Å². The number of hydrogen-bond acceptors (Lipinski definition) is 5. The van der Waals surface area contributed by atoms with E-state index in [0.717, 1.165) is 51.4 Å². The number of aliphatic hydroxyl groups is 2. The Bertz CT molecular complexity index is 1100. The van der Waals surface area contributed by atoms with E-state index in [1.807, 2.05) is 6.08 Å². The first-order valence-electron chi connectivity index (χ1n) is 30.3. The normalized spacial score (nSPS) is 12.8. The Morgan fingerprint density at radius 3 is 1.18 bits per heavy atom. The molecule has 0 saturated heterocycles. The van der Waals surface area contributed by atoms with Crippen molar-refractivity contribution >= 4 is 11.9 Å². The summed E-state index contributed by atoms with van der Waals surface area (Å²) in [5.41, 5.74) is 0. The molecular formula is C62H117NO5. The monoisotopic (exact) mass is 956 g/mol. The van der Waals surface area contributed by atoms with Crippen molar-refractivity contribution in [2.24, 2.45) is 0 Å². The molecule has 2 atom stereocenters. The maximum atomic E-state index is 12.4. The first kappa shape index (κ1) is 66.1. The van der Waals surface area contributed by atoms with Gasteiger partial charge in [0.05, 0.1) is 25.4 Å². The summed E-state index contributed by atoms with van der Waals surface area (Å²) in [6.45, 7) is 4.83. The molecule has 2 unspecified atom stereocenters. The molecule has 0 aromatic heterocycles. The molecule has 0 saturated carbocycles. The van der Waals surface area contributed by atoms with E-state index in [-0.39, 0.29) is 18.5 Å². The average Bonchev–Trinajstić information content (AvgIpc) is 3.34. The Kier molecular flexibility index (Phi) is 56.0. The number of carbonyl (C=O) groups is 2. The zero-order chi connectivity index (χ0) is 49.3. The van der Waals surface area contributed by atoms with Crippen LogP contribution in [0.4, 0.5) is 0 Å². The number of allylic oxidation sites excluding steroid dienone is 5. The zero-order valence-corrected chi connectivity index (χ0v) is 45.6. The van der Waals surface area contributed by atoms with Gasteiger partial charge in [-0.25, -0.2) is 0 Å². The van der Waals surface area contributed by atoms with Gasteiger partial charge in [0, 0.05) is 12.8 Å². The average molecular weight is 957 g/mol. The molecule has 0 bridgehead atoms. The first-order valence-corrected chi connectivity index (χ1v) is 30.3. The Morgan fingerprint density at radius 2 is 0.765 bits per heavy atom. The van der Waals surface area contributed by atoms with Gasteiger partial charge >= 0.3 is 5.97 Å². The van der Waals surface area contributed by atoms with Crippen LogP contribution >= 0.6 is 0 Å². The number of ether oxygens (including phenoxy) is 1. The van der Waals surface area contributed by atoms with Crippen LogP contribution in [-0.4, -0.2) is 47.4 Å². The molecule has 400 valence electrons. The summed E-state index contributed by atoms with van der Waals surface area (Å²) in [5, 5.41) is 23.0. The third-order valence-corrected chi connectivity index (χ3v) is 13.9. The second-order valence-electron chi connectivity index (χ2n) is 20.7. The van der Waals surface area contributed by atoms with Gasteiger partial charge in [0.25, 0.3) is 0 Å². The predicted molar refractivity (Wildman–Crippen MR) is 296 cm³/mol. The highest BCUT2D eigenvalue weighted by atomic mass is 16.5. The highest BCUT2D eigenvalue weighted by Gasteiger charge is 2.18. The first-order chi connectivity index (χ1) is 33.5. The lowest BCUT2D eigenvalue weighted by Crippen LogP contribution is -2.45. The van der Waals surface area contributed by atoms with Crippen molar-refractivity contribution in [3.63, 3.8) is 0 Å². The maximum Gasteiger partial charge on any atom is 0.305 e. The van der Waals surface area contributed by atoms with Crippen molar-refractivity contribution in [1.29, 1.82) is 0 Å². The molecule has 0 aliphatic rings. The second-order valence-corrected chi connectivity index (χ2v) is 20.7. The quantitative estimate of drug-likeness (QED) is 0.0321. The minimum atomic E-state index is -0.841. The van der Waals surface area contributed by atoms with Crippen molar-refractivity contribution in [2.75, 3.05) is 13.2 Å². The van der Waals surface area contributed by atoms with E-state index in [1.54, 1.807) is 6.08 Å². The summed E-state index contributed by atoms with van der Waals surface area (Å²) in [6, 6.07) is -0.624. The number of nitrogens with one attached hydrogen (secondary N) is 1. The van der Waals surface area contributed by atoms with Crippen molar-refractivity contribution in [3.8, 4) is 0 Å². The van der Waals surface area contributed by atoms with E-state index in [2.05, 4.69) is 43.5 Å². The van der Waals surface area contributed by atoms with Crippen LogP contribution < -0.4 is 5.32 Å². The zero-order valence-electron chi connectivity index (χ0n) is 45.6. The van der Waals surface area contributed by atoms with Crippen molar-refractivity contribution in [1.82, 2.24) is 5.32 Å². The molecule has 0 fully saturated rings. The molecule has 6 heteroatoms. The number of amides is 1. The van der Waals surface area contributed by atoms with E-state index >= 15 is 0 Å². The fourth-order valence-corrected chi connectivity index (χ4v) is 9.26. The van der Waals surface area contributed by atoms with Gasteiger partial charge in [-0.2, -0.15) is 0 Å². The van der Waals surface area contributed by atoms with E-state index in [1.165, 1.54) is 244 Å². The number of unbranched alkanes of at least 4 members (excludes halogenated alkanes) is 41. The van der Waals surface area contributed by atoms with Gasteiger partial charge < -0.3 is 20.3 Å². The maximum absolute atomic E-state index is 12.4. The Balaban J connectivity index is 3.35. The highest BCUT2D eigenvalue weighted by molar-refractivity contribution is 5.76. The Labute approximate surface area is 424 Å². The molecule has 0 aliphatic carbocycles. The molecule has 0 radical (unpaired) electrons. The van der Waals surface area contributed by atoms with E-state index in [9.17, 15) is 19.8 Å². The van der Waals surface area contributed by atoms with Gasteiger partial charge in [0.1, 0.15) is 0 Å². The minimum Gasteiger partial charge on any atom is -0.466 e. The summed E-state index contributed by atoms with van der Waals surface area (Å²) >= 11 is 0. The van der Waals surface area contributed by atoms with E-state index < -0.39 is 12.1 Å². The molecular weight excluding hydrogens is 839 g/mol. The Hall–Kier alpha value is -1.92. The van der Waals surface area contributed by atoms with Crippen LogP contribution in [0.5, 0.6) is 0 Å². The number of rotatable bonds is 56. The van der Waals surface area contributed by atoms with E-state index in [0.29, 0.717) is 19.4 Å². The van der Waals surface area contributed by atoms with Crippen LogP contribution in [0, 0.1) is 0 Å². The predicted octanol–water partition coefficient (Wildman–Crippen LogP) is 18.8. The summed E-state index contributed by atoms with van der Waals surface area (Å²) in [5.74, 6) is -0.0642. The molecule has 68 heavy (non-hydrogen) atoms. The molecule has 3 N–H and O–H groups in total. The van der Waals surface area contributed by atoms with Crippen LogP contribution in [0.25, 0.3) is 0 Å². The molecule has 0 rings (SSSR count). The largest absolute Gasteiger partial charge is 0.466 e. The number of esters is 1. The lowest BCUT2D eigenvalue weighted by molar-refractivity contribution is -0.143.